The van der Waals surface area contributed by atoms with Crippen LogP contribution < -0.4 is 4.74 Å². The van der Waals surface area contributed by atoms with Gasteiger partial charge in [0, 0.05) is 4.47 Å². The molecule has 0 aliphatic carbocycles. The molecular formula is C14H7BrF6O. The minimum atomic E-state index is -4.87. The van der Waals surface area contributed by atoms with E-state index in [0.717, 1.165) is 24.3 Å². The van der Waals surface area contributed by atoms with Gasteiger partial charge in [0.15, 0.2) is 0 Å². The molecule has 0 atom stereocenters. The molecule has 0 unspecified atom stereocenters. The number of benzene rings is 2. The van der Waals surface area contributed by atoms with Crippen molar-refractivity contribution >= 4 is 15.9 Å². The van der Waals surface area contributed by atoms with E-state index in [-0.39, 0.29) is 11.1 Å². The predicted molar refractivity (Wildman–Crippen MR) is 71.3 cm³/mol. The average molecular weight is 385 g/mol. The van der Waals surface area contributed by atoms with Crippen LogP contribution in [0, 0.1) is 0 Å². The van der Waals surface area contributed by atoms with E-state index in [1.807, 2.05) is 0 Å². The van der Waals surface area contributed by atoms with E-state index >= 15 is 0 Å². The van der Waals surface area contributed by atoms with E-state index in [2.05, 4.69) is 20.7 Å². The van der Waals surface area contributed by atoms with Gasteiger partial charge in [0.05, 0.1) is 5.56 Å². The summed E-state index contributed by atoms with van der Waals surface area (Å²) in [5.41, 5.74) is -0.616. The van der Waals surface area contributed by atoms with Crippen LogP contribution in [0.1, 0.15) is 5.56 Å². The van der Waals surface area contributed by atoms with Crippen LogP contribution in [-0.2, 0) is 6.18 Å². The molecule has 2 aromatic rings. The molecule has 0 saturated heterocycles. The van der Waals surface area contributed by atoms with Crippen LogP contribution in [0.15, 0.2) is 46.9 Å². The van der Waals surface area contributed by atoms with E-state index < -0.39 is 23.9 Å². The molecule has 0 saturated carbocycles. The Morgan fingerprint density at radius 2 is 1.55 bits per heavy atom. The molecule has 0 aliphatic rings. The molecular weight excluding hydrogens is 378 g/mol. The summed E-state index contributed by atoms with van der Waals surface area (Å²) in [4.78, 5) is 0. The van der Waals surface area contributed by atoms with Crippen molar-refractivity contribution in [3.8, 4) is 16.9 Å². The second-order valence-electron chi connectivity index (χ2n) is 4.27. The summed E-state index contributed by atoms with van der Waals surface area (Å²) in [6, 6.07) is 7.68. The quantitative estimate of drug-likeness (QED) is 0.574. The van der Waals surface area contributed by atoms with Crippen LogP contribution in [0.2, 0.25) is 0 Å². The highest BCUT2D eigenvalue weighted by atomic mass is 79.9. The van der Waals surface area contributed by atoms with Gasteiger partial charge in [-0.15, -0.1) is 13.2 Å². The van der Waals surface area contributed by atoms with Gasteiger partial charge in [-0.05, 0) is 41.5 Å². The molecule has 0 radical (unpaired) electrons. The fraction of sp³-hybridized carbons (Fsp3) is 0.143. The first-order valence-electron chi connectivity index (χ1n) is 5.79. The maximum absolute atomic E-state index is 12.7. The first-order chi connectivity index (χ1) is 10.1. The summed E-state index contributed by atoms with van der Waals surface area (Å²) in [5.74, 6) is -0.505. The van der Waals surface area contributed by atoms with Gasteiger partial charge in [0.2, 0.25) is 0 Å². The van der Waals surface area contributed by atoms with E-state index in [9.17, 15) is 26.3 Å². The molecule has 0 bridgehead atoms. The first kappa shape index (κ1) is 16.7. The molecule has 0 heterocycles. The van der Waals surface area contributed by atoms with E-state index in [1.54, 1.807) is 0 Å². The van der Waals surface area contributed by atoms with E-state index in [0.29, 0.717) is 4.47 Å². The number of alkyl halides is 6. The molecule has 0 fully saturated rings. The summed E-state index contributed by atoms with van der Waals surface area (Å²) in [5, 5.41) is 0. The number of halogens is 7. The fourth-order valence-corrected chi connectivity index (χ4v) is 2.26. The lowest BCUT2D eigenvalue weighted by molar-refractivity contribution is -0.274. The van der Waals surface area contributed by atoms with Crippen LogP contribution in [0.3, 0.4) is 0 Å². The Morgan fingerprint density at radius 1 is 0.864 bits per heavy atom. The molecule has 0 N–H and O–H groups in total. The topological polar surface area (TPSA) is 9.23 Å². The van der Waals surface area contributed by atoms with Crippen molar-refractivity contribution in [3.05, 3.63) is 52.5 Å². The van der Waals surface area contributed by atoms with Crippen molar-refractivity contribution in [2.75, 3.05) is 0 Å². The van der Waals surface area contributed by atoms with Crippen molar-refractivity contribution in [1.82, 2.24) is 0 Å². The third kappa shape index (κ3) is 4.16. The molecule has 0 aromatic heterocycles. The third-order valence-electron chi connectivity index (χ3n) is 2.67. The molecule has 0 spiro atoms. The van der Waals surface area contributed by atoms with Gasteiger partial charge in [0.1, 0.15) is 5.75 Å². The monoisotopic (exact) mass is 384 g/mol. The predicted octanol–water partition coefficient (Wildman–Crippen LogP) is 6.03. The highest BCUT2D eigenvalue weighted by Gasteiger charge is 2.32. The van der Waals surface area contributed by atoms with Gasteiger partial charge < -0.3 is 4.74 Å². The molecule has 2 rings (SSSR count). The van der Waals surface area contributed by atoms with Gasteiger partial charge in [0.25, 0.3) is 0 Å². The molecule has 8 heteroatoms. The van der Waals surface area contributed by atoms with Crippen molar-refractivity contribution < 1.29 is 31.1 Å². The summed E-state index contributed by atoms with van der Waals surface area (Å²) < 4.78 is 78.9. The average Bonchev–Trinajstić information content (AvgIpc) is 2.36. The zero-order valence-corrected chi connectivity index (χ0v) is 12.2. The Kier molecular flexibility index (Phi) is 4.42. The minimum absolute atomic E-state index is 0.113. The zero-order chi connectivity index (χ0) is 16.5. The van der Waals surface area contributed by atoms with Crippen molar-refractivity contribution in [1.29, 1.82) is 0 Å². The normalized spacial score (nSPS) is 12.3. The van der Waals surface area contributed by atoms with Gasteiger partial charge in [-0.25, -0.2) is 0 Å². The Balaban J connectivity index is 2.46. The Bertz CT molecular complexity index is 678. The lowest BCUT2D eigenvalue weighted by Gasteiger charge is -2.13. The lowest BCUT2D eigenvalue weighted by Crippen LogP contribution is -2.17. The Labute approximate surface area is 129 Å². The van der Waals surface area contributed by atoms with Crippen LogP contribution in [0.5, 0.6) is 5.75 Å². The maximum atomic E-state index is 12.7. The molecule has 118 valence electrons. The van der Waals surface area contributed by atoms with Gasteiger partial charge in [-0.1, -0.05) is 28.1 Å². The van der Waals surface area contributed by atoms with Crippen LogP contribution >= 0.6 is 15.9 Å². The SMILES string of the molecule is FC(F)(F)Oc1cccc(-c2cc(C(F)(F)F)ccc2Br)c1. The number of hydrogen-bond donors (Lipinski definition) is 0. The van der Waals surface area contributed by atoms with Crippen LogP contribution in [0.25, 0.3) is 11.1 Å². The summed E-state index contributed by atoms with van der Waals surface area (Å²) in [6.07, 6.45) is -9.42. The molecule has 2 aromatic carbocycles. The van der Waals surface area contributed by atoms with E-state index in [4.69, 9.17) is 0 Å². The summed E-state index contributed by atoms with van der Waals surface area (Å²) in [7, 11) is 0. The molecule has 0 aliphatic heterocycles. The third-order valence-corrected chi connectivity index (χ3v) is 3.36. The number of ether oxygens (including phenoxy) is 1. The van der Waals surface area contributed by atoms with Crippen molar-refractivity contribution in [3.63, 3.8) is 0 Å². The second-order valence-corrected chi connectivity index (χ2v) is 5.12. The summed E-state index contributed by atoms with van der Waals surface area (Å²) in [6.45, 7) is 0. The Morgan fingerprint density at radius 3 is 2.14 bits per heavy atom. The largest absolute Gasteiger partial charge is 0.573 e. The number of hydrogen-bond acceptors (Lipinski definition) is 1. The fourth-order valence-electron chi connectivity index (χ4n) is 1.78. The van der Waals surface area contributed by atoms with Crippen molar-refractivity contribution in [2.24, 2.45) is 0 Å². The van der Waals surface area contributed by atoms with Gasteiger partial charge >= 0.3 is 12.5 Å². The van der Waals surface area contributed by atoms with Crippen LogP contribution in [0.4, 0.5) is 26.3 Å². The van der Waals surface area contributed by atoms with Crippen LogP contribution in [-0.4, -0.2) is 6.36 Å². The molecule has 22 heavy (non-hydrogen) atoms. The molecule has 0 amide bonds. The van der Waals surface area contributed by atoms with E-state index in [1.165, 1.54) is 18.2 Å². The number of rotatable bonds is 2. The Hall–Kier alpha value is -1.70. The minimum Gasteiger partial charge on any atom is -0.406 e. The lowest BCUT2D eigenvalue weighted by atomic mass is 10.0. The smallest absolute Gasteiger partial charge is 0.406 e. The highest BCUT2D eigenvalue weighted by Crippen LogP contribution is 2.37. The van der Waals surface area contributed by atoms with Gasteiger partial charge in [-0.3, -0.25) is 0 Å². The second kappa shape index (κ2) is 5.83. The maximum Gasteiger partial charge on any atom is 0.573 e. The highest BCUT2D eigenvalue weighted by molar-refractivity contribution is 9.10. The van der Waals surface area contributed by atoms with Gasteiger partial charge in [-0.2, -0.15) is 13.2 Å². The summed E-state index contributed by atoms with van der Waals surface area (Å²) >= 11 is 3.09. The zero-order valence-electron chi connectivity index (χ0n) is 10.6. The van der Waals surface area contributed by atoms with Crippen molar-refractivity contribution in [2.45, 2.75) is 12.5 Å². The first-order valence-corrected chi connectivity index (χ1v) is 6.58. The standard InChI is InChI=1S/C14H7BrF6O/c15-12-5-4-9(13(16,17)18)7-11(12)8-2-1-3-10(6-8)22-14(19,20)21/h1-7H. The molecule has 1 nitrogen and oxygen atoms in total.